The van der Waals surface area contributed by atoms with Gasteiger partial charge in [0.15, 0.2) is 5.76 Å². The zero-order chi connectivity index (χ0) is 21.3. The maximum atomic E-state index is 13.4. The number of benzene rings is 3. The zero-order valence-corrected chi connectivity index (χ0v) is 18.6. The van der Waals surface area contributed by atoms with E-state index in [4.69, 9.17) is 13.9 Å². The Balaban J connectivity index is 1.86. The Morgan fingerprint density at radius 1 is 0.967 bits per heavy atom. The molecule has 0 atom stereocenters. The summed E-state index contributed by atoms with van der Waals surface area (Å²) >= 11 is 3.43. The van der Waals surface area contributed by atoms with Crippen molar-refractivity contribution in [2.24, 2.45) is 0 Å². The van der Waals surface area contributed by atoms with Crippen LogP contribution in [0.15, 0.2) is 74.3 Å². The summed E-state index contributed by atoms with van der Waals surface area (Å²) in [7, 11) is 1.61. The van der Waals surface area contributed by atoms with Crippen LogP contribution < -0.4 is 14.9 Å². The topological polar surface area (TPSA) is 48.7 Å². The van der Waals surface area contributed by atoms with Gasteiger partial charge in [0.05, 0.1) is 12.5 Å². The number of methoxy groups -OCH3 is 1. The molecule has 0 bridgehead atoms. The molecule has 0 amide bonds. The van der Waals surface area contributed by atoms with E-state index in [1.165, 1.54) is 0 Å². The molecule has 0 aliphatic heterocycles. The van der Waals surface area contributed by atoms with Crippen LogP contribution in [0.2, 0.25) is 0 Å². The summed E-state index contributed by atoms with van der Waals surface area (Å²) in [5, 5.41) is 0.545. The number of aryl methyl sites for hydroxylation is 2. The second kappa shape index (κ2) is 8.36. The third-order valence-electron chi connectivity index (χ3n) is 4.94. The lowest BCUT2D eigenvalue weighted by atomic mass is 10.0. The van der Waals surface area contributed by atoms with E-state index in [9.17, 15) is 4.79 Å². The predicted octanol–water partition coefficient (Wildman–Crippen LogP) is 6.43. The Hall–Kier alpha value is -3.05. The SMILES string of the molecule is COc1ccc(-c2oc3cc(C)cc(C)c3c(=O)c2OCc2ccc(Br)cc2)cc1. The van der Waals surface area contributed by atoms with E-state index in [0.717, 1.165) is 32.5 Å². The van der Waals surface area contributed by atoms with Gasteiger partial charge >= 0.3 is 0 Å². The van der Waals surface area contributed by atoms with Crippen LogP contribution in [0.1, 0.15) is 16.7 Å². The Labute approximate surface area is 183 Å². The molecule has 4 aromatic rings. The Kier molecular flexibility index (Phi) is 5.64. The first-order valence-electron chi connectivity index (χ1n) is 9.56. The maximum Gasteiger partial charge on any atom is 0.235 e. The molecule has 0 N–H and O–H groups in total. The minimum absolute atomic E-state index is 0.170. The van der Waals surface area contributed by atoms with Crippen LogP contribution >= 0.6 is 15.9 Å². The van der Waals surface area contributed by atoms with E-state index in [-0.39, 0.29) is 17.8 Å². The van der Waals surface area contributed by atoms with E-state index in [1.807, 2.05) is 74.5 Å². The molecule has 4 rings (SSSR count). The Morgan fingerprint density at radius 3 is 2.33 bits per heavy atom. The molecule has 0 aliphatic rings. The van der Waals surface area contributed by atoms with Crippen molar-refractivity contribution in [1.82, 2.24) is 0 Å². The Bertz CT molecular complexity index is 1260. The van der Waals surface area contributed by atoms with Gasteiger partial charge in [-0.05, 0) is 73.0 Å². The third kappa shape index (κ3) is 3.98. The molecule has 1 aromatic heterocycles. The fraction of sp³-hybridized carbons (Fsp3) is 0.160. The normalized spacial score (nSPS) is 10.9. The number of halogens is 1. The number of ether oxygens (including phenoxy) is 2. The van der Waals surface area contributed by atoms with Crippen molar-refractivity contribution in [2.75, 3.05) is 7.11 Å². The molecule has 1 heterocycles. The van der Waals surface area contributed by atoms with Crippen LogP contribution in [0.5, 0.6) is 11.5 Å². The molecule has 0 radical (unpaired) electrons. The van der Waals surface area contributed by atoms with Gasteiger partial charge in [0.25, 0.3) is 0 Å². The highest BCUT2D eigenvalue weighted by Crippen LogP contribution is 2.33. The van der Waals surface area contributed by atoms with Crippen LogP contribution in [0.3, 0.4) is 0 Å². The number of hydrogen-bond donors (Lipinski definition) is 0. The van der Waals surface area contributed by atoms with Crippen molar-refractivity contribution in [3.63, 3.8) is 0 Å². The summed E-state index contributed by atoms with van der Waals surface area (Å²) in [5.74, 6) is 1.35. The number of hydrogen-bond acceptors (Lipinski definition) is 4. The molecule has 30 heavy (non-hydrogen) atoms. The second-order valence-electron chi connectivity index (χ2n) is 7.19. The molecule has 5 heteroatoms. The van der Waals surface area contributed by atoms with Gasteiger partial charge in [0.1, 0.15) is 17.9 Å². The van der Waals surface area contributed by atoms with Crippen LogP contribution in [0.25, 0.3) is 22.3 Å². The molecular formula is C25H21BrO4. The third-order valence-corrected chi connectivity index (χ3v) is 5.47. The van der Waals surface area contributed by atoms with Gasteiger partial charge in [-0.1, -0.05) is 34.1 Å². The van der Waals surface area contributed by atoms with Crippen molar-refractivity contribution < 1.29 is 13.9 Å². The molecule has 3 aromatic carbocycles. The predicted molar refractivity (Wildman–Crippen MR) is 122 cm³/mol. The van der Waals surface area contributed by atoms with Crippen molar-refractivity contribution >= 4 is 26.9 Å². The summed E-state index contributed by atoms with van der Waals surface area (Å²) in [5.41, 5.74) is 4.00. The first kappa shape index (κ1) is 20.2. The first-order valence-corrected chi connectivity index (χ1v) is 10.4. The van der Waals surface area contributed by atoms with Crippen LogP contribution in [0, 0.1) is 13.8 Å². The summed E-state index contributed by atoms with van der Waals surface area (Å²) in [6, 6.07) is 19.0. The lowest BCUT2D eigenvalue weighted by Crippen LogP contribution is -2.11. The van der Waals surface area contributed by atoms with Gasteiger partial charge in [-0.15, -0.1) is 0 Å². The molecule has 0 unspecified atom stereocenters. The van der Waals surface area contributed by atoms with Gasteiger partial charge in [-0.2, -0.15) is 0 Å². The lowest BCUT2D eigenvalue weighted by Gasteiger charge is -2.13. The molecule has 0 aliphatic carbocycles. The van der Waals surface area contributed by atoms with Gasteiger partial charge in [0.2, 0.25) is 11.2 Å². The zero-order valence-electron chi connectivity index (χ0n) is 17.0. The number of rotatable bonds is 5. The highest BCUT2D eigenvalue weighted by molar-refractivity contribution is 9.10. The highest BCUT2D eigenvalue weighted by atomic mass is 79.9. The molecule has 0 spiro atoms. The fourth-order valence-corrected chi connectivity index (χ4v) is 3.74. The molecule has 0 saturated carbocycles. The van der Waals surface area contributed by atoms with Crippen LogP contribution in [-0.4, -0.2) is 7.11 Å². The van der Waals surface area contributed by atoms with E-state index < -0.39 is 0 Å². The molecule has 0 saturated heterocycles. The number of fused-ring (bicyclic) bond motifs is 1. The van der Waals surface area contributed by atoms with Gasteiger partial charge < -0.3 is 13.9 Å². The fourth-order valence-electron chi connectivity index (χ4n) is 3.47. The minimum atomic E-state index is -0.170. The maximum absolute atomic E-state index is 13.4. The van der Waals surface area contributed by atoms with E-state index in [1.54, 1.807) is 7.11 Å². The Morgan fingerprint density at radius 2 is 1.67 bits per heavy atom. The average molecular weight is 465 g/mol. The van der Waals surface area contributed by atoms with Gasteiger partial charge in [0, 0.05) is 10.0 Å². The van der Waals surface area contributed by atoms with E-state index >= 15 is 0 Å². The van der Waals surface area contributed by atoms with Crippen LogP contribution in [0.4, 0.5) is 0 Å². The van der Waals surface area contributed by atoms with Gasteiger partial charge in [-0.25, -0.2) is 0 Å². The summed E-state index contributed by atoms with van der Waals surface area (Å²) < 4.78 is 18.5. The second-order valence-corrected chi connectivity index (χ2v) is 8.10. The monoisotopic (exact) mass is 464 g/mol. The van der Waals surface area contributed by atoms with E-state index in [0.29, 0.717) is 16.7 Å². The largest absolute Gasteiger partial charge is 0.497 e. The van der Waals surface area contributed by atoms with Gasteiger partial charge in [-0.3, -0.25) is 4.79 Å². The molecule has 4 nitrogen and oxygen atoms in total. The highest BCUT2D eigenvalue weighted by Gasteiger charge is 2.19. The van der Waals surface area contributed by atoms with Crippen molar-refractivity contribution in [3.05, 3.63) is 92.1 Å². The van der Waals surface area contributed by atoms with Crippen molar-refractivity contribution in [3.8, 4) is 22.8 Å². The summed E-state index contributed by atoms with van der Waals surface area (Å²) in [6.45, 7) is 4.16. The standard InChI is InChI=1S/C25H21BrO4/c1-15-12-16(2)22-21(13-15)30-24(18-6-10-20(28-3)11-7-18)25(23(22)27)29-14-17-4-8-19(26)9-5-17/h4-13H,14H2,1-3H3. The van der Waals surface area contributed by atoms with Crippen molar-refractivity contribution in [1.29, 1.82) is 0 Å². The molecule has 0 fully saturated rings. The first-order chi connectivity index (χ1) is 14.5. The van der Waals surface area contributed by atoms with E-state index in [2.05, 4.69) is 15.9 Å². The van der Waals surface area contributed by atoms with Crippen LogP contribution in [-0.2, 0) is 6.61 Å². The summed E-state index contributed by atoms with van der Waals surface area (Å²) in [4.78, 5) is 13.4. The molecule has 152 valence electrons. The van der Waals surface area contributed by atoms with Crippen molar-refractivity contribution in [2.45, 2.75) is 20.5 Å². The lowest BCUT2D eigenvalue weighted by molar-refractivity contribution is 0.298. The summed E-state index contributed by atoms with van der Waals surface area (Å²) in [6.07, 6.45) is 0. The smallest absolute Gasteiger partial charge is 0.235 e. The quantitative estimate of drug-likeness (QED) is 0.341. The minimum Gasteiger partial charge on any atom is -0.497 e. The average Bonchev–Trinajstić information content (AvgIpc) is 2.73. The molecular weight excluding hydrogens is 444 g/mol.